The lowest BCUT2D eigenvalue weighted by atomic mass is 10.1. The molecule has 1 aromatic carbocycles. The first-order chi connectivity index (χ1) is 13.5. The van der Waals surface area contributed by atoms with Gasteiger partial charge in [-0.1, -0.05) is 12.1 Å². The van der Waals surface area contributed by atoms with Crippen molar-refractivity contribution in [1.82, 2.24) is 15.5 Å². The number of guanidine groups is 1. The van der Waals surface area contributed by atoms with Crippen molar-refractivity contribution in [1.29, 1.82) is 0 Å². The lowest BCUT2D eigenvalue weighted by molar-refractivity contribution is 0.0948. The molecular formula is C21H28N4O2S. The molecule has 2 N–H and O–H groups in total. The largest absolute Gasteiger partial charge is 0.467 e. The van der Waals surface area contributed by atoms with Gasteiger partial charge in [0.2, 0.25) is 0 Å². The number of rotatable bonds is 5. The van der Waals surface area contributed by atoms with Crippen LogP contribution in [0, 0.1) is 0 Å². The minimum atomic E-state index is -0.113. The summed E-state index contributed by atoms with van der Waals surface area (Å²) in [4.78, 5) is 19.1. The van der Waals surface area contributed by atoms with E-state index < -0.39 is 0 Å². The number of aliphatic imine (C=N–C) groups is 1. The normalized spacial score (nSPS) is 16.7. The molecule has 0 radical (unpaired) electrons. The molecule has 0 bridgehead atoms. The molecule has 3 rings (SSSR count). The standard InChI is InChI=1S/C21H28N4O2S/c1-21(2)15-25(9-11-28-21)20(22-3)24-13-16-6-4-7-17(12-16)19(26)23-14-18-8-5-10-27-18/h4-8,10,12H,9,11,13-15H2,1-3H3,(H,22,24)(H,23,26). The predicted octanol–water partition coefficient (Wildman–Crippen LogP) is 3.11. The fraction of sp³-hybridized carbons (Fsp3) is 0.429. The van der Waals surface area contributed by atoms with E-state index in [-0.39, 0.29) is 10.7 Å². The molecule has 0 atom stereocenters. The van der Waals surface area contributed by atoms with Crippen molar-refractivity contribution in [3.8, 4) is 0 Å². The Morgan fingerprint density at radius 3 is 2.82 bits per heavy atom. The van der Waals surface area contributed by atoms with Gasteiger partial charge in [0.1, 0.15) is 5.76 Å². The summed E-state index contributed by atoms with van der Waals surface area (Å²) in [5, 5.41) is 6.31. The van der Waals surface area contributed by atoms with E-state index in [4.69, 9.17) is 4.42 Å². The van der Waals surface area contributed by atoms with E-state index in [0.29, 0.717) is 18.7 Å². The van der Waals surface area contributed by atoms with Crippen LogP contribution < -0.4 is 10.6 Å². The highest BCUT2D eigenvalue weighted by Crippen LogP contribution is 2.29. The number of hydrogen-bond acceptors (Lipinski definition) is 4. The lowest BCUT2D eigenvalue weighted by Crippen LogP contribution is -2.50. The molecule has 1 fully saturated rings. The summed E-state index contributed by atoms with van der Waals surface area (Å²) in [6, 6.07) is 11.3. The van der Waals surface area contributed by atoms with Crippen LogP contribution in [0.5, 0.6) is 0 Å². The summed E-state index contributed by atoms with van der Waals surface area (Å²) in [6.45, 7) is 7.49. The second kappa shape index (κ2) is 9.19. The molecule has 0 unspecified atom stereocenters. The van der Waals surface area contributed by atoms with Crippen molar-refractivity contribution in [2.45, 2.75) is 31.7 Å². The maximum atomic E-state index is 12.4. The lowest BCUT2D eigenvalue weighted by Gasteiger charge is -2.39. The molecule has 150 valence electrons. The Kier molecular flexibility index (Phi) is 6.67. The molecule has 1 saturated heterocycles. The molecule has 0 saturated carbocycles. The van der Waals surface area contributed by atoms with Crippen LogP contribution in [0.2, 0.25) is 0 Å². The van der Waals surface area contributed by atoms with Gasteiger partial charge in [0.05, 0.1) is 12.8 Å². The number of carbonyl (C=O) groups excluding carboxylic acids is 1. The average molecular weight is 401 g/mol. The smallest absolute Gasteiger partial charge is 0.251 e. The summed E-state index contributed by atoms with van der Waals surface area (Å²) >= 11 is 2.00. The minimum Gasteiger partial charge on any atom is -0.467 e. The van der Waals surface area contributed by atoms with E-state index in [1.807, 2.05) is 55.2 Å². The molecule has 0 spiro atoms. The Labute approximate surface area is 170 Å². The van der Waals surface area contributed by atoms with Gasteiger partial charge in [-0.25, -0.2) is 0 Å². The van der Waals surface area contributed by atoms with Crippen LogP contribution in [0.1, 0.15) is 35.5 Å². The Morgan fingerprint density at radius 1 is 1.25 bits per heavy atom. The van der Waals surface area contributed by atoms with Crippen LogP contribution in [-0.4, -0.2) is 47.4 Å². The summed E-state index contributed by atoms with van der Waals surface area (Å²) < 4.78 is 5.47. The zero-order chi connectivity index (χ0) is 20.0. The Hall–Kier alpha value is -2.41. The van der Waals surface area contributed by atoms with Gasteiger partial charge in [-0.15, -0.1) is 0 Å². The first-order valence-electron chi connectivity index (χ1n) is 9.46. The van der Waals surface area contributed by atoms with Crippen molar-refractivity contribution in [3.63, 3.8) is 0 Å². The van der Waals surface area contributed by atoms with Gasteiger partial charge in [0.25, 0.3) is 5.91 Å². The number of nitrogens with zero attached hydrogens (tertiary/aromatic N) is 2. The van der Waals surface area contributed by atoms with Crippen molar-refractivity contribution in [3.05, 3.63) is 59.5 Å². The molecule has 1 aliphatic rings. The van der Waals surface area contributed by atoms with E-state index >= 15 is 0 Å². The Balaban J connectivity index is 1.57. The molecule has 1 aromatic heterocycles. The fourth-order valence-electron chi connectivity index (χ4n) is 3.22. The number of thioether (sulfide) groups is 1. The number of nitrogens with one attached hydrogen (secondary N) is 2. The molecule has 6 nitrogen and oxygen atoms in total. The van der Waals surface area contributed by atoms with Crippen molar-refractivity contribution >= 4 is 23.6 Å². The third-order valence-corrected chi connectivity index (χ3v) is 5.88. The summed E-state index contributed by atoms with van der Waals surface area (Å²) in [5.74, 6) is 2.62. The summed E-state index contributed by atoms with van der Waals surface area (Å²) in [5.41, 5.74) is 1.67. The second-order valence-electron chi connectivity index (χ2n) is 7.39. The van der Waals surface area contributed by atoms with E-state index in [0.717, 1.165) is 36.1 Å². The van der Waals surface area contributed by atoms with Gasteiger partial charge in [0, 0.05) is 42.7 Å². The minimum absolute atomic E-state index is 0.113. The number of carbonyl (C=O) groups is 1. The van der Waals surface area contributed by atoms with E-state index in [2.05, 4.69) is 34.4 Å². The van der Waals surface area contributed by atoms with Crippen LogP contribution in [0.3, 0.4) is 0 Å². The van der Waals surface area contributed by atoms with Gasteiger partial charge in [0.15, 0.2) is 5.96 Å². The van der Waals surface area contributed by atoms with Crippen LogP contribution in [0.25, 0.3) is 0 Å². The number of hydrogen-bond donors (Lipinski definition) is 2. The van der Waals surface area contributed by atoms with Crippen LogP contribution in [0.4, 0.5) is 0 Å². The molecular weight excluding hydrogens is 372 g/mol. The Morgan fingerprint density at radius 2 is 2.11 bits per heavy atom. The van der Waals surface area contributed by atoms with E-state index in [1.54, 1.807) is 6.26 Å². The maximum absolute atomic E-state index is 12.4. The van der Waals surface area contributed by atoms with Crippen molar-refractivity contribution in [2.24, 2.45) is 4.99 Å². The summed E-state index contributed by atoms with van der Waals surface area (Å²) in [7, 11) is 1.82. The third kappa shape index (κ3) is 5.55. The fourth-order valence-corrected chi connectivity index (χ4v) is 4.33. The van der Waals surface area contributed by atoms with Gasteiger partial charge >= 0.3 is 0 Å². The third-order valence-electron chi connectivity index (χ3n) is 4.58. The molecule has 7 heteroatoms. The quantitative estimate of drug-likeness (QED) is 0.596. The highest BCUT2D eigenvalue weighted by Gasteiger charge is 2.28. The number of amides is 1. The van der Waals surface area contributed by atoms with Gasteiger partial charge in [-0.2, -0.15) is 11.8 Å². The zero-order valence-corrected chi connectivity index (χ0v) is 17.5. The molecule has 2 aromatic rings. The molecule has 28 heavy (non-hydrogen) atoms. The number of benzene rings is 1. The highest BCUT2D eigenvalue weighted by atomic mass is 32.2. The number of furan rings is 1. The second-order valence-corrected chi connectivity index (χ2v) is 9.19. The molecule has 1 aliphatic heterocycles. The first kappa shape index (κ1) is 20.3. The summed E-state index contributed by atoms with van der Waals surface area (Å²) in [6.07, 6.45) is 1.60. The van der Waals surface area contributed by atoms with Crippen LogP contribution in [-0.2, 0) is 13.1 Å². The van der Waals surface area contributed by atoms with Gasteiger partial charge in [-0.3, -0.25) is 9.79 Å². The van der Waals surface area contributed by atoms with Gasteiger partial charge < -0.3 is 20.0 Å². The van der Waals surface area contributed by atoms with Crippen molar-refractivity contribution in [2.75, 3.05) is 25.9 Å². The predicted molar refractivity (Wildman–Crippen MR) is 115 cm³/mol. The molecule has 0 aliphatic carbocycles. The zero-order valence-electron chi connectivity index (χ0n) is 16.7. The van der Waals surface area contributed by atoms with E-state index in [1.165, 1.54) is 0 Å². The van der Waals surface area contributed by atoms with Gasteiger partial charge in [-0.05, 0) is 43.7 Å². The SMILES string of the molecule is CN=C(NCc1cccc(C(=O)NCc2ccco2)c1)N1CCSC(C)(C)C1. The molecule has 1 amide bonds. The van der Waals surface area contributed by atoms with E-state index in [9.17, 15) is 4.79 Å². The topological polar surface area (TPSA) is 69.9 Å². The van der Waals surface area contributed by atoms with Crippen molar-refractivity contribution < 1.29 is 9.21 Å². The molecule has 2 heterocycles. The van der Waals surface area contributed by atoms with Crippen LogP contribution in [0.15, 0.2) is 52.1 Å². The first-order valence-corrected chi connectivity index (χ1v) is 10.4. The monoisotopic (exact) mass is 400 g/mol. The Bertz CT molecular complexity index is 818. The highest BCUT2D eigenvalue weighted by molar-refractivity contribution is 8.00. The maximum Gasteiger partial charge on any atom is 0.251 e. The average Bonchev–Trinajstić information content (AvgIpc) is 3.20. The van der Waals surface area contributed by atoms with Crippen LogP contribution >= 0.6 is 11.8 Å².